The summed E-state index contributed by atoms with van der Waals surface area (Å²) in [7, 11) is -0.174. The molecular weight excluding hydrogens is 561 g/mol. The van der Waals surface area contributed by atoms with Crippen molar-refractivity contribution >= 4 is 50.9 Å². The highest BCUT2D eigenvalue weighted by molar-refractivity contribution is 7.75. The summed E-state index contributed by atoms with van der Waals surface area (Å²) in [4.78, 5) is 0. The molecule has 0 fully saturated rings. The van der Waals surface area contributed by atoms with E-state index in [4.69, 9.17) is 14.2 Å². The number of hydrogen-bond donors (Lipinski definition) is 0. The number of benzene rings is 4. The van der Waals surface area contributed by atoms with E-state index in [9.17, 15) is 0 Å². The Labute approximate surface area is 247 Å². The molecule has 0 N–H and O–H groups in total. The van der Waals surface area contributed by atoms with Crippen molar-refractivity contribution in [3.05, 3.63) is 95.1 Å². The van der Waals surface area contributed by atoms with Gasteiger partial charge in [-0.1, -0.05) is 81.4 Å². The summed E-state index contributed by atoms with van der Waals surface area (Å²) in [5.74, 6) is 3.48. The van der Waals surface area contributed by atoms with Crippen molar-refractivity contribution in [2.45, 2.75) is 32.1 Å². The van der Waals surface area contributed by atoms with Crippen LogP contribution in [-0.2, 0) is 25.7 Å². The van der Waals surface area contributed by atoms with Crippen LogP contribution in [0.15, 0.2) is 72.8 Å². The Kier molecular flexibility index (Phi) is 7.25. The molecule has 0 bridgehead atoms. The van der Waals surface area contributed by atoms with Crippen molar-refractivity contribution < 1.29 is 14.2 Å². The van der Waals surface area contributed by atoms with Crippen LogP contribution in [0, 0.1) is 0 Å². The minimum Gasteiger partial charge on any atom is -0.492 e. The summed E-state index contributed by atoms with van der Waals surface area (Å²) < 4.78 is 18.9. The molecule has 3 nitrogen and oxygen atoms in total. The van der Waals surface area contributed by atoms with Gasteiger partial charge in [-0.05, 0) is 80.0 Å². The van der Waals surface area contributed by atoms with Gasteiger partial charge in [0.05, 0.1) is 19.8 Å². The van der Waals surface area contributed by atoms with Crippen LogP contribution in [-0.4, -0.2) is 38.3 Å². The second-order valence-corrected chi connectivity index (χ2v) is 17.1. The molecule has 2 unspecified atom stereocenters. The topological polar surface area (TPSA) is 27.7 Å². The van der Waals surface area contributed by atoms with Gasteiger partial charge in [0, 0.05) is 35.2 Å². The molecular formula is C35H35O3P3. The Morgan fingerprint density at radius 3 is 1.46 bits per heavy atom. The Morgan fingerprint density at radius 1 is 0.512 bits per heavy atom. The van der Waals surface area contributed by atoms with E-state index in [-0.39, 0.29) is 0 Å². The van der Waals surface area contributed by atoms with Crippen LogP contribution in [0.4, 0.5) is 0 Å². The van der Waals surface area contributed by atoms with Gasteiger partial charge in [0.1, 0.15) is 17.2 Å². The van der Waals surface area contributed by atoms with Crippen molar-refractivity contribution in [1.82, 2.24) is 0 Å². The number of hydrogen-bond acceptors (Lipinski definition) is 3. The lowest BCUT2D eigenvalue weighted by Gasteiger charge is -2.26. The maximum Gasteiger partial charge on any atom is 0.130 e. The highest BCUT2D eigenvalue weighted by Crippen LogP contribution is 2.47. The zero-order chi connectivity index (χ0) is 27.2. The fourth-order valence-electron chi connectivity index (χ4n) is 6.91. The molecule has 0 aliphatic carbocycles. The summed E-state index contributed by atoms with van der Waals surface area (Å²) in [6.07, 6.45) is 9.09. The van der Waals surface area contributed by atoms with Crippen LogP contribution >= 0.6 is 24.4 Å². The average Bonchev–Trinajstić information content (AvgIpc) is 3.83. The second-order valence-electron chi connectivity index (χ2n) is 11.2. The first kappa shape index (κ1) is 26.2. The summed E-state index contributed by atoms with van der Waals surface area (Å²) in [5, 5.41) is 7.51. The van der Waals surface area contributed by atoms with E-state index < -0.39 is 15.8 Å². The van der Waals surface area contributed by atoms with E-state index in [1.54, 1.807) is 16.2 Å². The Balaban J connectivity index is 1.16. The molecule has 0 spiro atoms. The van der Waals surface area contributed by atoms with Gasteiger partial charge in [-0.2, -0.15) is 0 Å². The summed E-state index contributed by atoms with van der Waals surface area (Å²) in [5.41, 5.74) is 5.70. The monoisotopic (exact) mass is 596 g/mol. The number of para-hydroxylation sites is 3. The SMILES string of the molecule is c1cc2c(c(P(CCCP(c3cccc4c3OCC4)c3cccc4c3PCC4)c3cccc4c3OCC4)c1)OCC2. The molecule has 41 heavy (non-hydrogen) atoms. The molecule has 4 aromatic carbocycles. The lowest BCUT2D eigenvalue weighted by atomic mass is 10.2. The third-order valence-corrected chi connectivity index (χ3v) is 15.8. The van der Waals surface area contributed by atoms with Crippen molar-refractivity contribution in [2.24, 2.45) is 0 Å². The van der Waals surface area contributed by atoms with Crippen LogP contribution in [0.2, 0.25) is 0 Å². The Morgan fingerprint density at radius 2 is 0.951 bits per heavy atom. The molecule has 4 aliphatic rings. The Hall–Kier alpha value is -2.43. The second kappa shape index (κ2) is 11.3. The maximum absolute atomic E-state index is 6.31. The van der Waals surface area contributed by atoms with E-state index in [2.05, 4.69) is 72.8 Å². The highest BCUT2D eigenvalue weighted by Gasteiger charge is 2.30. The lowest BCUT2D eigenvalue weighted by molar-refractivity contribution is 0.358. The van der Waals surface area contributed by atoms with Crippen LogP contribution < -0.4 is 40.7 Å². The van der Waals surface area contributed by atoms with Gasteiger partial charge in [-0.3, -0.25) is 0 Å². The van der Waals surface area contributed by atoms with Crippen molar-refractivity contribution in [1.29, 1.82) is 0 Å². The third kappa shape index (κ3) is 4.79. The third-order valence-electron chi connectivity index (χ3n) is 8.83. The zero-order valence-corrected chi connectivity index (χ0v) is 26.1. The normalized spacial score (nSPS) is 17.5. The van der Waals surface area contributed by atoms with E-state index in [1.807, 2.05) is 0 Å². The predicted octanol–water partition coefficient (Wildman–Crippen LogP) is 5.31. The van der Waals surface area contributed by atoms with Gasteiger partial charge in [-0.15, -0.1) is 0 Å². The summed E-state index contributed by atoms with van der Waals surface area (Å²) in [6.45, 7) is 2.40. The molecule has 0 amide bonds. The van der Waals surface area contributed by atoms with Gasteiger partial charge < -0.3 is 14.2 Å². The maximum atomic E-state index is 6.31. The number of ether oxygens (including phenoxy) is 3. The minimum atomic E-state index is -0.604. The fraction of sp³-hybridized carbons (Fsp3) is 0.314. The highest BCUT2D eigenvalue weighted by atomic mass is 31.1. The first-order valence-corrected chi connectivity index (χ1v) is 19.3. The quantitative estimate of drug-likeness (QED) is 0.258. The Bertz CT molecular complexity index is 1380. The minimum absolute atomic E-state index is 0.505. The lowest BCUT2D eigenvalue weighted by Crippen LogP contribution is -2.26. The van der Waals surface area contributed by atoms with Gasteiger partial charge >= 0.3 is 0 Å². The van der Waals surface area contributed by atoms with Crippen LogP contribution in [0.25, 0.3) is 0 Å². The van der Waals surface area contributed by atoms with E-state index in [1.165, 1.54) is 63.5 Å². The molecule has 8 rings (SSSR count). The van der Waals surface area contributed by atoms with E-state index >= 15 is 0 Å². The van der Waals surface area contributed by atoms with Crippen LogP contribution in [0.1, 0.15) is 28.7 Å². The van der Waals surface area contributed by atoms with Crippen molar-refractivity contribution in [3.63, 3.8) is 0 Å². The molecule has 208 valence electrons. The first-order chi connectivity index (χ1) is 20.3. The van der Waals surface area contributed by atoms with Gasteiger partial charge in [0.2, 0.25) is 0 Å². The van der Waals surface area contributed by atoms with Crippen molar-refractivity contribution in [2.75, 3.05) is 38.3 Å². The molecule has 4 aliphatic heterocycles. The zero-order valence-electron chi connectivity index (χ0n) is 23.3. The number of fused-ring (bicyclic) bond motifs is 4. The van der Waals surface area contributed by atoms with Crippen LogP contribution in [0.5, 0.6) is 17.2 Å². The number of rotatable bonds is 8. The molecule has 6 heteroatoms. The first-order valence-electron chi connectivity index (χ1n) is 15.0. The number of aryl methyl sites for hydroxylation is 1. The fourth-order valence-corrected chi connectivity index (χ4v) is 14.4. The van der Waals surface area contributed by atoms with Crippen molar-refractivity contribution in [3.8, 4) is 17.2 Å². The molecule has 4 heterocycles. The van der Waals surface area contributed by atoms with Crippen LogP contribution in [0.3, 0.4) is 0 Å². The summed E-state index contributed by atoms with van der Waals surface area (Å²) >= 11 is 0. The molecule has 0 aromatic heterocycles. The molecule has 4 aromatic rings. The van der Waals surface area contributed by atoms with Gasteiger partial charge in [0.25, 0.3) is 0 Å². The standard InChI is InChI=1S/C35H35O3P3/c1-6-24-14-18-36-32(24)28(10-1)40(29-11-2-7-25-15-19-37-33(25)29)22-5-23-41(30-12-3-8-26-16-20-38-34(26)30)31-13-4-9-27-17-21-39-35(27)31/h1-4,6-13,39H,5,14-23H2. The predicted molar refractivity (Wildman–Crippen MR) is 177 cm³/mol. The van der Waals surface area contributed by atoms with E-state index in [0.29, 0.717) is 0 Å². The molecule has 0 radical (unpaired) electrons. The largest absolute Gasteiger partial charge is 0.492 e. The summed E-state index contributed by atoms with van der Waals surface area (Å²) in [6, 6.07) is 27.7. The van der Waals surface area contributed by atoms with Gasteiger partial charge in [-0.25, -0.2) is 0 Å². The molecule has 0 saturated carbocycles. The molecule has 2 atom stereocenters. The smallest absolute Gasteiger partial charge is 0.130 e. The van der Waals surface area contributed by atoms with E-state index in [0.717, 1.165) is 65.3 Å². The van der Waals surface area contributed by atoms with Gasteiger partial charge in [0.15, 0.2) is 0 Å². The average molecular weight is 597 g/mol. The molecule has 0 saturated heterocycles.